The van der Waals surface area contributed by atoms with E-state index in [4.69, 9.17) is 4.74 Å². The molecule has 3 aromatic carbocycles. The molecule has 2 N–H and O–H groups in total. The fourth-order valence-electron chi connectivity index (χ4n) is 2.84. The Labute approximate surface area is 186 Å². The van der Waals surface area contributed by atoms with Crippen molar-refractivity contribution in [2.45, 2.75) is 20.4 Å². The van der Waals surface area contributed by atoms with E-state index >= 15 is 0 Å². The van der Waals surface area contributed by atoms with Crippen molar-refractivity contribution in [2.75, 3.05) is 0 Å². The second-order valence-electron chi connectivity index (χ2n) is 7.04. The second-order valence-corrected chi connectivity index (χ2v) is 7.04. The van der Waals surface area contributed by atoms with E-state index < -0.39 is 17.8 Å². The minimum absolute atomic E-state index is 0.248. The van der Waals surface area contributed by atoms with Gasteiger partial charge < -0.3 is 10.1 Å². The number of carbonyl (C=O) groups excluding carboxylic acids is 3. The van der Waals surface area contributed by atoms with Gasteiger partial charge in [-0.25, -0.2) is 10.2 Å². The summed E-state index contributed by atoms with van der Waals surface area (Å²) >= 11 is 0. The maximum Gasteiger partial charge on any atom is 0.343 e. The zero-order valence-corrected chi connectivity index (χ0v) is 17.8. The third kappa shape index (κ3) is 6.12. The molecule has 0 aliphatic heterocycles. The van der Waals surface area contributed by atoms with Crippen LogP contribution in [0.25, 0.3) is 0 Å². The van der Waals surface area contributed by atoms with Gasteiger partial charge in [0.25, 0.3) is 0 Å². The Bertz CT molecular complexity index is 1140. The van der Waals surface area contributed by atoms with Crippen molar-refractivity contribution in [2.24, 2.45) is 5.10 Å². The Morgan fingerprint density at radius 3 is 2.19 bits per heavy atom. The lowest BCUT2D eigenvalue weighted by atomic mass is 10.1. The lowest BCUT2D eigenvalue weighted by Crippen LogP contribution is -2.37. The summed E-state index contributed by atoms with van der Waals surface area (Å²) in [6, 6.07) is 23.2. The minimum atomic E-state index is -0.857. The number of hydrazone groups is 1. The fraction of sp³-hybridized carbons (Fsp3) is 0.120. The van der Waals surface area contributed by atoms with Gasteiger partial charge in [-0.2, -0.15) is 5.10 Å². The van der Waals surface area contributed by atoms with Crippen molar-refractivity contribution >= 4 is 23.5 Å². The standard InChI is InChI=1S/C25H23N3O4/c1-17-8-6-7-11-22(17)25(31)32-21-14-12-20(13-15-21)18(2)27-28-24(30)23(29)26-16-19-9-4-3-5-10-19/h3-15H,16H2,1-2H3,(H,26,29)(H,28,30). The number of nitrogens with one attached hydrogen (secondary N) is 2. The van der Waals surface area contributed by atoms with Crippen LogP contribution in [0.2, 0.25) is 0 Å². The predicted molar refractivity (Wildman–Crippen MR) is 121 cm³/mol. The van der Waals surface area contributed by atoms with Crippen LogP contribution in [0.3, 0.4) is 0 Å². The highest BCUT2D eigenvalue weighted by molar-refractivity contribution is 6.35. The topological polar surface area (TPSA) is 96.9 Å². The quantitative estimate of drug-likeness (QED) is 0.206. The van der Waals surface area contributed by atoms with Crippen LogP contribution in [-0.4, -0.2) is 23.5 Å². The summed E-state index contributed by atoms with van der Waals surface area (Å²) in [4.78, 5) is 36.2. The molecule has 0 radical (unpaired) electrons. The van der Waals surface area contributed by atoms with Gasteiger partial charge >= 0.3 is 17.8 Å². The van der Waals surface area contributed by atoms with Crippen LogP contribution >= 0.6 is 0 Å². The summed E-state index contributed by atoms with van der Waals surface area (Å²) in [5, 5.41) is 6.51. The molecule has 0 aliphatic rings. The summed E-state index contributed by atoms with van der Waals surface area (Å²) in [5.74, 6) is -1.68. The van der Waals surface area contributed by atoms with E-state index in [2.05, 4.69) is 15.8 Å². The van der Waals surface area contributed by atoms with Crippen molar-refractivity contribution in [3.05, 3.63) is 101 Å². The van der Waals surface area contributed by atoms with Crippen LogP contribution in [0.5, 0.6) is 5.75 Å². The largest absolute Gasteiger partial charge is 0.423 e. The maximum absolute atomic E-state index is 12.3. The fourth-order valence-corrected chi connectivity index (χ4v) is 2.84. The Morgan fingerprint density at radius 1 is 0.844 bits per heavy atom. The number of esters is 1. The van der Waals surface area contributed by atoms with Gasteiger partial charge in [0.1, 0.15) is 5.75 Å². The number of benzene rings is 3. The molecule has 0 heterocycles. The van der Waals surface area contributed by atoms with Crippen LogP contribution in [0.1, 0.15) is 34.0 Å². The summed E-state index contributed by atoms with van der Waals surface area (Å²) in [5.41, 5.74) is 5.66. The van der Waals surface area contributed by atoms with Gasteiger partial charge in [-0.05, 0) is 60.9 Å². The average molecular weight is 429 g/mol. The van der Waals surface area contributed by atoms with E-state index in [-0.39, 0.29) is 6.54 Å². The summed E-state index contributed by atoms with van der Waals surface area (Å²) < 4.78 is 5.41. The lowest BCUT2D eigenvalue weighted by molar-refractivity contribution is -0.139. The summed E-state index contributed by atoms with van der Waals surface area (Å²) in [6.07, 6.45) is 0. The molecule has 7 heteroatoms. The number of hydrogen-bond donors (Lipinski definition) is 2. The Balaban J connectivity index is 1.53. The molecule has 0 bridgehead atoms. The van der Waals surface area contributed by atoms with E-state index in [1.54, 1.807) is 43.3 Å². The molecule has 32 heavy (non-hydrogen) atoms. The first-order valence-corrected chi connectivity index (χ1v) is 9.98. The van der Waals surface area contributed by atoms with Crippen molar-refractivity contribution in [3.8, 4) is 5.75 Å². The van der Waals surface area contributed by atoms with Crippen molar-refractivity contribution < 1.29 is 19.1 Å². The first-order valence-electron chi connectivity index (χ1n) is 9.98. The smallest absolute Gasteiger partial charge is 0.343 e. The van der Waals surface area contributed by atoms with Gasteiger partial charge in [0, 0.05) is 6.54 Å². The molecule has 0 spiro atoms. The number of ether oxygens (including phenoxy) is 1. The van der Waals surface area contributed by atoms with Gasteiger partial charge in [-0.1, -0.05) is 48.5 Å². The number of rotatable bonds is 6. The van der Waals surface area contributed by atoms with Crippen molar-refractivity contribution in [3.63, 3.8) is 0 Å². The number of hydrogen-bond acceptors (Lipinski definition) is 5. The van der Waals surface area contributed by atoms with Crippen LogP contribution in [0.4, 0.5) is 0 Å². The Hall–Kier alpha value is -4.26. The number of nitrogens with zero attached hydrogens (tertiary/aromatic N) is 1. The van der Waals surface area contributed by atoms with Gasteiger partial charge in [-0.3, -0.25) is 9.59 Å². The molecule has 0 saturated heterocycles. The first kappa shape index (κ1) is 22.4. The molecule has 0 unspecified atom stereocenters. The maximum atomic E-state index is 12.3. The van der Waals surface area contributed by atoms with Crippen LogP contribution in [0.15, 0.2) is 84.0 Å². The van der Waals surface area contributed by atoms with E-state index in [0.29, 0.717) is 22.6 Å². The first-order chi connectivity index (χ1) is 15.4. The van der Waals surface area contributed by atoms with Crippen LogP contribution in [0, 0.1) is 6.92 Å². The predicted octanol–water partition coefficient (Wildman–Crippen LogP) is 3.37. The average Bonchev–Trinajstić information content (AvgIpc) is 2.82. The lowest BCUT2D eigenvalue weighted by Gasteiger charge is -2.08. The second kappa shape index (κ2) is 10.7. The van der Waals surface area contributed by atoms with E-state index in [9.17, 15) is 14.4 Å². The molecular weight excluding hydrogens is 406 g/mol. The third-order valence-corrected chi connectivity index (χ3v) is 4.67. The van der Waals surface area contributed by atoms with Crippen molar-refractivity contribution in [1.82, 2.24) is 10.7 Å². The van der Waals surface area contributed by atoms with Gasteiger partial charge in [0.15, 0.2) is 0 Å². The molecule has 0 aromatic heterocycles. The zero-order chi connectivity index (χ0) is 22.9. The zero-order valence-electron chi connectivity index (χ0n) is 17.8. The molecule has 3 rings (SSSR count). The minimum Gasteiger partial charge on any atom is -0.423 e. The number of aryl methyl sites for hydroxylation is 1. The Morgan fingerprint density at radius 2 is 1.50 bits per heavy atom. The van der Waals surface area contributed by atoms with E-state index in [1.807, 2.05) is 49.4 Å². The van der Waals surface area contributed by atoms with E-state index in [1.165, 1.54) is 0 Å². The van der Waals surface area contributed by atoms with Gasteiger partial charge in [-0.15, -0.1) is 0 Å². The molecule has 0 saturated carbocycles. The SMILES string of the molecule is CC(=NNC(=O)C(=O)NCc1ccccc1)c1ccc(OC(=O)c2ccccc2C)cc1. The summed E-state index contributed by atoms with van der Waals surface area (Å²) in [7, 11) is 0. The molecule has 0 aliphatic carbocycles. The molecule has 0 fully saturated rings. The highest BCUT2D eigenvalue weighted by Crippen LogP contribution is 2.16. The molecule has 162 valence electrons. The molecule has 0 atom stereocenters. The highest BCUT2D eigenvalue weighted by atomic mass is 16.5. The number of amides is 2. The molecule has 7 nitrogen and oxygen atoms in total. The van der Waals surface area contributed by atoms with Gasteiger partial charge in [0.2, 0.25) is 0 Å². The molecule has 2 amide bonds. The molecular formula is C25H23N3O4. The van der Waals surface area contributed by atoms with Gasteiger partial charge in [0.05, 0.1) is 11.3 Å². The Kier molecular flexibility index (Phi) is 7.48. The van der Waals surface area contributed by atoms with Crippen LogP contribution < -0.4 is 15.5 Å². The highest BCUT2D eigenvalue weighted by Gasteiger charge is 2.13. The monoisotopic (exact) mass is 429 g/mol. The summed E-state index contributed by atoms with van der Waals surface area (Å²) in [6.45, 7) is 3.78. The third-order valence-electron chi connectivity index (χ3n) is 4.67. The molecule has 3 aromatic rings. The van der Waals surface area contributed by atoms with E-state index in [0.717, 1.165) is 11.1 Å². The van der Waals surface area contributed by atoms with Crippen molar-refractivity contribution in [1.29, 1.82) is 0 Å². The van der Waals surface area contributed by atoms with Crippen LogP contribution in [-0.2, 0) is 16.1 Å². The number of carbonyl (C=O) groups is 3. The normalized spacial score (nSPS) is 10.9.